The highest BCUT2D eigenvalue weighted by molar-refractivity contribution is 5.93. The van der Waals surface area contributed by atoms with Gasteiger partial charge in [0, 0.05) is 18.7 Å². The van der Waals surface area contributed by atoms with Gasteiger partial charge in [0.1, 0.15) is 23.4 Å². The topological polar surface area (TPSA) is 115 Å². The number of hydrogen-bond acceptors (Lipinski definition) is 7. The van der Waals surface area contributed by atoms with Crippen LogP contribution < -0.4 is 20.7 Å². The number of hydrogen-bond donors (Lipinski definition) is 2. The van der Waals surface area contributed by atoms with Gasteiger partial charge >= 0.3 is 0 Å². The molecule has 0 saturated carbocycles. The van der Waals surface area contributed by atoms with Crippen LogP contribution in [0.4, 0.5) is 11.4 Å². The minimum absolute atomic E-state index is 0.200. The molecule has 0 unspecified atom stereocenters. The number of aryl methyl sites for hydroxylation is 2. The quantitative estimate of drug-likeness (QED) is 0.338. The van der Waals surface area contributed by atoms with Crippen LogP contribution in [0.2, 0.25) is 0 Å². The zero-order valence-electron chi connectivity index (χ0n) is 17.1. The standard InChI is InChI=1S/C20H28N6O3/c1-5-26-17(9-14(2)24-26)20(28)23-13-25(8-6-7-21)19-16(22-3)10-15(12-27)11-18(19)29-4/h9-12H,3,5-8,13,21H2,1-2,4H3,(H,23,28). The molecule has 0 saturated heterocycles. The van der Waals surface area contributed by atoms with Gasteiger partial charge in [-0.3, -0.25) is 19.3 Å². The van der Waals surface area contributed by atoms with E-state index in [2.05, 4.69) is 22.1 Å². The molecule has 1 amide bonds. The maximum absolute atomic E-state index is 12.7. The molecule has 29 heavy (non-hydrogen) atoms. The molecule has 0 aliphatic rings. The molecule has 2 rings (SSSR count). The number of nitrogens with two attached hydrogens (primary N) is 1. The molecule has 1 aromatic heterocycles. The lowest BCUT2D eigenvalue weighted by Gasteiger charge is -2.28. The van der Waals surface area contributed by atoms with Crippen LogP contribution in [0.25, 0.3) is 0 Å². The first-order valence-electron chi connectivity index (χ1n) is 9.40. The largest absolute Gasteiger partial charge is 0.494 e. The van der Waals surface area contributed by atoms with Gasteiger partial charge in [0.25, 0.3) is 5.91 Å². The van der Waals surface area contributed by atoms with Gasteiger partial charge < -0.3 is 20.7 Å². The Morgan fingerprint density at radius 2 is 2.21 bits per heavy atom. The van der Waals surface area contributed by atoms with E-state index in [1.54, 1.807) is 22.9 Å². The van der Waals surface area contributed by atoms with Crippen molar-refractivity contribution < 1.29 is 14.3 Å². The van der Waals surface area contributed by atoms with E-state index in [4.69, 9.17) is 10.5 Å². The lowest BCUT2D eigenvalue weighted by atomic mass is 10.1. The highest BCUT2D eigenvalue weighted by Gasteiger charge is 2.20. The summed E-state index contributed by atoms with van der Waals surface area (Å²) in [6.45, 7) is 9.21. The van der Waals surface area contributed by atoms with Gasteiger partial charge in [0.05, 0.1) is 25.2 Å². The van der Waals surface area contributed by atoms with Crippen LogP contribution in [-0.2, 0) is 6.54 Å². The van der Waals surface area contributed by atoms with E-state index in [9.17, 15) is 9.59 Å². The van der Waals surface area contributed by atoms with Crippen LogP contribution in [0.5, 0.6) is 5.75 Å². The number of amides is 1. The maximum atomic E-state index is 12.7. The fraction of sp³-hybridized carbons (Fsp3) is 0.400. The van der Waals surface area contributed by atoms with Crippen LogP contribution in [-0.4, -0.2) is 55.6 Å². The molecule has 0 fully saturated rings. The Hall–Kier alpha value is -3.20. The third-order valence-electron chi connectivity index (χ3n) is 4.42. The molecule has 9 heteroatoms. The average Bonchev–Trinajstić information content (AvgIpc) is 3.13. The SMILES string of the molecule is C=Nc1cc(C=O)cc(OC)c1N(CCCN)CNC(=O)c1cc(C)nn1CC. The number of methoxy groups -OCH3 is 1. The minimum Gasteiger partial charge on any atom is -0.494 e. The summed E-state index contributed by atoms with van der Waals surface area (Å²) < 4.78 is 7.13. The Balaban J connectivity index is 2.33. The van der Waals surface area contributed by atoms with Crippen LogP contribution >= 0.6 is 0 Å². The van der Waals surface area contributed by atoms with Crippen molar-refractivity contribution in [3.63, 3.8) is 0 Å². The molecule has 0 spiro atoms. The molecule has 1 aromatic carbocycles. The molecular formula is C20H28N6O3. The molecule has 1 heterocycles. The average molecular weight is 400 g/mol. The van der Waals surface area contributed by atoms with Crippen LogP contribution in [0.3, 0.4) is 0 Å². The number of rotatable bonds is 11. The molecule has 0 atom stereocenters. The van der Waals surface area contributed by atoms with Gasteiger partial charge in [-0.1, -0.05) is 0 Å². The normalized spacial score (nSPS) is 10.5. The zero-order valence-corrected chi connectivity index (χ0v) is 17.1. The van der Waals surface area contributed by atoms with Crippen molar-refractivity contribution in [2.24, 2.45) is 10.7 Å². The first-order chi connectivity index (χ1) is 14.0. The van der Waals surface area contributed by atoms with E-state index in [1.165, 1.54) is 7.11 Å². The van der Waals surface area contributed by atoms with E-state index in [0.29, 0.717) is 54.4 Å². The molecule has 9 nitrogen and oxygen atoms in total. The Labute approximate surface area is 170 Å². The predicted molar refractivity (Wildman–Crippen MR) is 114 cm³/mol. The minimum atomic E-state index is -0.234. The maximum Gasteiger partial charge on any atom is 0.270 e. The van der Waals surface area contributed by atoms with Gasteiger partial charge in [0.2, 0.25) is 0 Å². The Morgan fingerprint density at radius 1 is 1.45 bits per heavy atom. The highest BCUT2D eigenvalue weighted by atomic mass is 16.5. The van der Waals surface area contributed by atoms with Crippen LogP contribution in [0.15, 0.2) is 23.2 Å². The van der Waals surface area contributed by atoms with E-state index in [0.717, 1.165) is 12.0 Å². The third-order valence-corrected chi connectivity index (χ3v) is 4.42. The van der Waals surface area contributed by atoms with Crippen LogP contribution in [0.1, 0.15) is 39.9 Å². The molecule has 0 radical (unpaired) electrons. The Morgan fingerprint density at radius 3 is 2.79 bits per heavy atom. The predicted octanol–water partition coefficient (Wildman–Crippen LogP) is 1.91. The number of nitrogens with zero attached hydrogens (tertiary/aromatic N) is 4. The molecule has 0 aliphatic carbocycles. The van der Waals surface area contributed by atoms with E-state index >= 15 is 0 Å². The molecule has 3 N–H and O–H groups in total. The zero-order chi connectivity index (χ0) is 21.4. The van der Waals surface area contributed by atoms with Crippen LogP contribution in [0, 0.1) is 6.92 Å². The summed E-state index contributed by atoms with van der Waals surface area (Å²) in [5, 5.41) is 7.23. The number of aromatic nitrogens is 2. The van der Waals surface area contributed by atoms with Crippen molar-refractivity contribution in [1.29, 1.82) is 0 Å². The van der Waals surface area contributed by atoms with Gasteiger partial charge in [-0.2, -0.15) is 5.10 Å². The monoisotopic (exact) mass is 400 g/mol. The number of aldehydes is 1. The van der Waals surface area contributed by atoms with Crippen molar-refractivity contribution in [3.05, 3.63) is 35.2 Å². The number of ether oxygens (including phenoxy) is 1. The smallest absolute Gasteiger partial charge is 0.270 e. The molecular weight excluding hydrogens is 372 g/mol. The number of carbonyl (C=O) groups excluding carboxylic acids is 2. The summed E-state index contributed by atoms with van der Waals surface area (Å²) in [4.78, 5) is 29.9. The van der Waals surface area contributed by atoms with Crippen molar-refractivity contribution >= 4 is 30.3 Å². The lowest BCUT2D eigenvalue weighted by molar-refractivity contribution is 0.0942. The summed E-state index contributed by atoms with van der Waals surface area (Å²) in [6, 6.07) is 5.01. The second-order valence-electron chi connectivity index (χ2n) is 6.42. The summed E-state index contributed by atoms with van der Waals surface area (Å²) >= 11 is 0. The van der Waals surface area contributed by atoms with Crippen molar-refractivity contribution in [2.75, 3.05) is 31.8 Å². The van der Waals surface area contributed by atoms with E-state index in [1.807, 2.05) is 18.7 Å². The summed E-state index contributed by atoms with van der Waals surface area (Å²) in [5.41, 5.74) is 8.53. The second kappa shape index (κ2) is 10.4. The third kappa shape index (κ3) is 5.20. The number of anilines is 1. The van der Waals surface area contributed by atoms with Gasteiger partial charge in [-0.25, -0.2) is 0 Å². The molecule has 156 valence electrons. The molecule has 2 aromatic rings. The Kier molecular flexibility index (Phi) is 7.90. The fourth-order valence-corrected chi connectivity index (χ4v) is 3.06. The number of aliphatic imine (C=N–C) groups is 1. The van der Waals surface area contributed by atoms with Crippen molar-refractivity contribution in [2.45, 2.75) is 26.8 Å². The number of carbonyl (C=O) groups is 2. The van der Waals surface area contributed by atoms with Gasteiger partial charge in [-0.05, 0) is 51.7 Å². The Bertz CT molecular complexity index is 877. The molecule has 0 bridgehead atoms. The summed E-state index contributed by atoms with van der Waals surface area (Å²) in [5.74, 6) is 0.236. The second-order valence-corrected chi connectivity index (χ2v) is 6.42. The first-order valence-corrected chi connectivity index (χ1v) is 9.40. The number of benzene rings is 1. The highest BCUT2D eigenvalue weighted by Crippen LogP contribution is 2.38. The summed E-state index contributed by atoms with van der Waals surface area (Å²) in [6.07, 6.45) is 1.41. The van der Waals surface area contributed by atoms with Gasteiger partial charge in [-0.15, -0.1) is 0 Å². The lowest BCUT2D eigenvalue weighted by Crippen LogP contribution is -2.39. The summed E-state index contributed by atoms with van der Waals surface area (Å²) in [7, 11) is 1.52. The van der Waals surface area contributed by atoms with Gasteiger partial charge in [0.15, 0.2) is 0 Å². The van der Waals surface area contributed by atoms with Crippen molar-refractivity contribution in [1.82, 2.24) is 15.1 Å². The van der Waals surface area contributed by atoms with E-state index < -0.39 is 0 Å². The number of nitrogens with one attached hydrogen (secondary N) is 1. The van der Waals surface area contributed by atoms with Crippen molar-refractivity contribution in [3.8, 4) is 5.75 Å². The first kappa shape index (κ1) is 22.1. The van der Waals surface area contributed by atoms with E-state index in [-0.39, 0.29) is 12.6 Å². The fourth-order valence-electron chi connectivity index (χ4n) is 3.06. The molecule has 0 aliphatic heterocycles.